The summed E-state index contributed by atoms with van der Waals surface area (Å²) in [6.45, 7) is -0.423. The molecule has 0 spiro atoms. The number of aliphatic hydroxyl groups is 1. The summed E-state index contributed by atoms with van der Waals surface area (Å²) in [5, 5.41) is 26.3. The lowest BCUT2D eigenvalue weighted by Gasteiger charge is -2.24. The Kier molecular flexibility index (Phi) is 14.3. The van der Waals surface area contributed by atoms with Crippen molar-refractivity contribution in [2.75, 3.05) is 19.7 Å². The Morgan fingerprint density at radius 2 is 1.41 bits per heavy atom. The SMILES string of the molecule is NC(N)=NCCCC(N)C(=O)NC(CCCN=C(N)N)C(=O)NC(CO)C(=O)NC(Cc1cnc[nH]1)C(=O)O. The van der Waals surface area contributed by atoms with Gasteiger partial charge in [0.25, 0.3) is 0 Å². The number of aliphatic imine (C=N–C) groups is 2. The van der Waals surface area contributed by atoms with Gasteiger partial charge in [-0.3, -0.25) is 24.4 Å². The summed E-state index contributed by atoms with van der Waals surface area (Å²) in [5.41, 5.74) is 27.5. The van der Waals surface area contributed by atoms with Crippen molar-refractivity contribution in [1.29, 1.82) is 0 Å². The number of hydrogen-bond donors (Lipinski definition) is 11. The maximum Gasteiger partial charge on any atom is 0.326 e. The normalized spacial score (nSPS) is 13.7. The first-order chi connectivity index (χ1) is 18.4. The predicted octanol–water partition coefficient (Wildman–Crippen LogP) is -5.08. The molecule has 18 nitrogen and oxygen atoms in total. The third-order valence-electron chi connectivity index (χ3n) is 5.29. The lowest BCUT2D eigenvalue weighted by atomic mass is 10.1. The molecule has 0 saturated heterocycles. The molecule has 4 unspecified atom stereocenters. The minimum absolute atomic E-state index is 0.0619. The number of carboxylic acids is 1. The van der Waals surface area contributed by atoms with Crippen LogP contribution in [0.5, 0.6) is 0 Å². The molecule has 1 aromatic heterocycles. The zero-order valence-electron chi connectivity index (χ0n) is 21.4. The quantitative estimate of drug-likeness (QED) is 0.0461. The second-order valence-corrected chi connectivity index (χ2v) is 8.49. The van der Waals surface area contributed by atoms with E-state index in [1.165, 1.54) is 12.5 Å². The maximum absolute atomic E-state index is 13.0. The van der Waals surface area contributed by atoms with Crippen molar-refractivity contribution in [3.8, 4) is 0 Å². The summed E-state index contributed by atoms with van der Waals surface area (Å²) < 4.78 is 0. The van der Waals surface area contributed by atoms with Gasteiger partial charge >= 0.3 is 5.97 Å². The van der Waals surface area contributed by atoms with Crippen LogP contribution >= 0.6 is 0 Å². The van der Waals surface area contributed by atoms with E-state index in [-0.39, 0.29) is 50.7 Å². The number of rotatable bonds is 18. The highest BCUT2D eigenvalue weighted by Gasteiger charge is 2.30. The van der Waals surface area contributed by atoms with Gasteiger partial charge in [-0.15, -0.1) is 0 Å². The van der Waals surface area contributed by atoms with Crippen LogP contribution in [0.15, 0.2) is 22.5 Å². The molecule has 18 heteroatoms. The van der Waals surface area contributed by atoms with Gasteiger partial charge in [0.1, 0.15) is 18.1 Å². The molecule has 4 atom stereocenters. The van der Waals surface area contributed by atoms with E-state index >= 15 is 0 Å². The van der Waals surface area contributed by atoms with Gasteiger partial charge in [0.05, 0.1) is 19.0 Å². The summed E-state index contributed by atoms with van der Waals surface area (Å²) >= 11 is 0. The van der Waals surface area contributed by atoms with Gasteiger partial charge in [0.15, 0.2) is 11.9 Å². The fourth-order valence-corrected chi connectivity index (χ4v) is 3.26. The molecule has 0 aromatic carbocycles. The van der Waals surface area contributed by atoms with Crippen LogP contribution in [0, 0.1) is 0 Å². The van der Waals surface area contributed by atoms with E-state index in [2.05, 4.69) is 35.9 Å². The summed E-state index contributed by atoms with van der Waals surface area (Å²) in [6.07, 6.45) is 3.60. The predicted molar refractivity (Wildman–Crippen MR) is 141 cm³/mol. The summed E-state index contributed by atoms with van der Waals surface area (Å²) in [6, 6.07) is -5.03. The Morgan fingerprint density at radius 1 is 0.872 bits per heavy atom. The average molecular weight is 555 g/mol. The van der Waals surface area contributed by atoms with E-state index in [4.69, 9.17) is 28.7 Å². The van der Waals surface area contributed by atoms with Crippen molar-refractivity contribution in [3.63, 3.8) is 0 Å². The highest BCUT2D eigenvalue weighted by atomic mass is 16.4. The molecule has 218 valence electrons. The minimum Gasteiger partial charge on any atom is -0.480 e. The second-order valence-electron chi connectivity index (χ2n) is 8.49. The number of nitrogens with zero attached hydrogens (tertiary/aromatic N) is 3. The van der Waals surface area contributed by atoms with Gasteiger partial charge in [-0.05, 0) is 25.7 Å². The lowest BCUT2D eigenvalue weighted by molar-refractivity contribution is -0.142. The van der Waals surface area contributed by atoms with E-state index in [0.717, 1.165) is 0 Å². The number of aromatic amines is 1. The van der Waals surface area contributed by atoms with Crippen molar-refractivity contribution in [1.82, 2.24) is 25.9 Å². The van der Waals surface area contributed by atoms with Crippen LogP contribution in [0.1, 0.15) is 31.4 Å². The number of hydrogen-bond acceptors (Lipinski definition) is 9. The molecule has 0 aliphatic carbocycles. The molecular weight excluding hydrogens is 516 g/mol. The highest BCUT2D eigenvalue weighted by molar-refractivity contribution is 5.94. The number of carboxylic acid groups (broad SMARTS) is 1. The summed E-state index contributed by atoms with van der Waals surface area (Å²) in [5.74, 6) is -3.97. The van der Waals surface area contributed by atoms with Crippen LogP contribution < -0.4 is 44.6 Å². The Bertz CT molecular complexity index is 992. The van der Waals surface area contributed by atoms with Crippen molar-refractivity contribution in [2.45, 2.75) is 56.3 Å². The van der Waals surface area contributed by atoms with E-state index < -0.39 is 54.5 Å². The van der Waals surface area contributed by atoms with E-state index in [9.17, 15) is 29.4 Å². The van der Waals surface area contributed by atoms with Gasteiger partial charge in [0, 0.05) is 31.4 Å². The molecule has 16 N–H and O–H groups in total. The number of amides is 3. The van der Waals surface area contributed by atoms with Crippen LogP contribution in [-0.2, 0) is 25.6 Å². The van der Waals surface area contributed by atoms with Crippen LogP contribution in [0.2, 0.25) is 0 Å². The van der Waals surface area contributed by atoms with Gasteiger partial charge in [0.2, 0.25) is 17.7 Å². The van der Waals surface area contributed by atoms with E-state index in [1.54, 1.807) is 0 Å². The number of nitrogens with two attached hydrogens (primary N) is 5. The third kappa shape index (κ3) is 13.1. The summed E-state index contributed by atoms with van der Waals surface area (Å²) in [7, 11) is 0. The fourth-order valence-electron chi connectivity index (χ4n) is 3.26. The minimum atomic E-state index is -1.51. The number of aliphatic carboxylic acids is 1. The number of aliphatic hydroxyl groups excluding tert-OH is 1. The van der Waals surface area contributed by atoms with Crippen LogP contribution in [0.4, 0.5) is 0 Å². The van der Waals surface area contributed by atoms with Gasteiger partial charge in [-0.1, -0.05) is 0 Å². The zero-order valence-corrected chi connectivity index (χ0v) is 21.4. The fraction of sp³-hybridized carbons (Fsp3) is 0.571. The van der Waals surface area contributed by atoms with Crippen molar-refractivity contribution >= 4 is 35.6 Å². The molecule has 0 radical (unpaired) electrons. The van der Waals surface area contributed by atoms with Crippen molar-refractivity contribution in [2.24, 2.45) is 38.7 Å². The topological polar surface area (TPSA) is 328 Å². The molecule has 0 aliphatic heterocycles. The molecule has 1 heterocycles. The first kappa shape index (κ1) is 32.6. The average Bonchev–Trinajstić information content (AvgIpc) is 3.38. The number of aromatic nitrogens is 2. The number of nitrogens with one attached hydrogen (secondary N) is 4. The molecule has 0 fully saturated rings. The van der Waals surface area contributed by atoms with E-state index in [0.29, 0.717) is 12.1 Å². The number of H-pyrrole nitrogens is 1. The Morgan fingerprint density at radius 3 is 1.92 bits per heavy atom. The second kappa shape index (κ2) is 17.1. The monoisotopic (exact) mass is 554 g/mol. The Balaban J connectivity index is 2.86. The maximum atomic E-state index is 13.0. The van der Waals surface area contributed by atoms with Gasteiger partial charge in [-0.2, -0.15) is 0 Å². The van der Waals surface area contributed by atoms with Crippen molar-refractivity contribution in [3.05, 3.63) is 18.2 Å². The third-order valence-corrected chi connectivity index (χ3v) is 5.29. The molecule has 39 heavy (non-hydrogen) atoms. The number of imidazole rings is 1. The molecule has 1 rings (SSSR count). The largest absolute Gasteiger partial charge is 0.480 e. The first-order valence-electron chi connectivity index (χ1n) is 12.0. The van der Waals surface area contributed by atoms with Crippen LogP contribution in [0.25, 0.3) is 0 Å². The Labute approximate surface area is 224 Å². The molecule has 0 bridgehead atoms. The molecule has 0 saturated carbocycles. The lowest BCUT2D eigenvalue weighted by Crippen LogP contribution is -2.58. The molecular formula is C21H38N12O6. The molecule has 0 aliphatic rings. The van der Waals surface area contributed by atoms with Crippen molar-refractivity contribution < 1.29 is 29.4 Å². The Hall–Kier alpha value is -4.45. The smallest absolute Gasteiger partial charge is 0.326 e. The zero-order chi connectivity index (χ0) is 29.4. The van der Waals surface area contributed by atoms with E-state index in [1.807, 2.05) is 0 Å². The first-order valence-corrected chi connectivity index (χ1v) is 12.0. The highest BCUT2D eigenvalue weighted by Crippen LogP contribution is 2.04. The van der Waals surface area contributed by atoms with Crippen LogP contribution in [-0.4, -0.2) is 99.7 Å². The van der Waals surface area contributed by atoms with Gasteiger partial charge < -0.3 is 59.8 Å². The number of guanidine groups is 2. The number of carbonyl (C=O) groups excluding carboxylic acids is 3. The number of carbonyl (C=O) groups is 4. The molecule has 1 aromatic rings. The van der Waals surface area contributed by atoms with Crippen LogP contribution in [0.3, 0.4) is 0 Å². The summed E-state index contributed by atoms with van der Waals surface area (Å²) in [4.78, 5) is 64.0. The van der Waals surface area contributed by atoms with Gasteiger partial charge in [-0.25, -0.2) is 9.78 Å². The molecule has 3 amide bonds. The standard InChI is InChI=1S/C21H38N12O6/c22-12(3-1-5-28-20(23)24)16(35)31-13(4-2-6-29-21(25)26)17(36)33-15(9-34)18(37)32-14(19(38)39)7-11-8-27-10-30-11/h8,10,12-15,34H,1-7,9,22H2,(H,27,30)(H,31,35)(H,32,37)(H,33,36)(H,38,39)(H4,23,24,28)(H4,25,26,29).